The van der Waals surface area contributed by atoms with Gasteiger partial charge in [0.15, 0.2) is 0 Å². The van der Waals surface area contributed by atoms with Crippen molar-refractivity contribution in [3.8, 4) is 6.07 Å². The number of rotatable bonds is 5. The average molecular weight is 269 g/mol. The van der Waals surface area contributed by atoms with E-state index in [1.165, 1.54) is 5.56 Å². The summed E-state index contributed by atoms with van der Waals surface area (Å²) in [4.78, 5) is 0. The number of nitriles is 1. The van der Waals surface area contributed by atoms with Gasteiger partial charge in [-0.1, -0.05) is 30.7 Å². The van der Waals surface area contributed by atoms with Gasteiger partial charge in [0.05, 0.1) is 6.07 Å². The summed E-state index contributed by atoms with van der Waals surface area (Å²) >= 11 is 7.62. The molecule has 1 aromatic carbocycles. The molecule has 1 rings (SSSR count). The zero-order valence-corrected chi connectivity index (χ0v) is 11.7. The number of nitrogens with zero attached hydrogens (tertiary/aromatic N) is 1. The quantitative estimate of drug-likeness (QED) is 0.888. The summed E-state index contributed by atoms with van der Waals surface area (Å²) in [5, 5.41) is 9.98. The Kier molecular flexibility index (Phi) is 5.32. The van der Waals surface area contributed by atoms with Crippen LogP contribution in [0.25, 0.3) is 0 Å². The summed E-state index contributed by atoms with van der Waals surface area (Å²) in [7, 11) is 0. The predicted molar refractivity (Wildman–Crippen MR) is 75.0 cm³/mol. The van der Waals surface area contributed by atoms with Gasteiger partial charge in [-0.3, -0.25) is 0 Å². The van der Waals surface area contributed by atoms with Crippen LogP contribution in [0.4, 0.5) is 0 Å². The lowest BCUT2D eigenvalue weighted by molar-refractivity contribution is 0.545. The first-order valence-electron chi connectivity index (χ1n) is 5.49. The smallest absolute Gasteiger partial charge is 0.102 e. The standard InChI is InChI=1S/C13H17ClN2S/c1-10(7-13(2,16)9-15)17-8-11-3-5-12(14)6-4-11/h3-6,10H,7-8,16H2,1-2H3. The van der Waals surface area contributed by atoms with E-state index in [-0.39, 0.29) is 0 Å². The van der Waals surface area contributed by atoms with Crippen molar-refractivity contribution in [3.63, 3.8) is 0 Å². The van der Waals surface area contributed by atoms with Crippen molar-refractivity contribution < 1.29 is 0 Å². The van der Waals surface area contributed by atoms with Crippen molar-refractivity contribution in [2.45, 2.75) is 36.8 Å². The van der Waals surface area contributed by atoms with E-state index in [2.05, 4.69) is 13.0 Å². The second-order valence-electron chi connectivity index (χ2n) is 4.48. The van der Waals surface area contributed by atoms with Gasteiger partial charge in [-0.15, -0.1) is 0 Å². The molecule has 0 aliphatic carbocycles. The molecule has 0 amide bonds. The first-order chi connectivity index (χ1) is 7.93. The van der Waals surface area contributed by atoms with Crippen LogP contribution in [0.5, 0.6) is 0 Å². The van der Waals surface area contributed by atoms with E-state index >= 15 is 0 Å². The Morgan fingerprint density at radius 2 is 2.06 bits per heavy atom. The molecule has 0 fully saturated rings. The third kappa shape index (κ3) is 5.45. The van der Waals surface area contributed by atoms with Crippen LogP contribution in [0.3, 0.4) is 0 Å². The Bertz CT molecular complexity index is 395. The molecule has 0 radical (unpaired) electrons. The van der Waals surface area contributed by atoms with Crippen molar-refractivity contribution in [2.75, 3.05) is 0 Å². The summed E-state index contributed by atoms with van der Waals surface area (Å²) in [5.74, 6) is 0.917. The topological polar surface area (TPSA) is 49.8 Å². The fourth-order valence-corrected chi connectivity index (χ4v) is 2.78. The number of hydrogen-bond acceptors (Lipinski definition) is 3. The number of hydrogen-bond donors (Lipinski definition) is 1. The molecule has 0 bridgehead atoms. The van der Waals surface area contributed by atoms with Gasteiger partial charge in [0, 0.05) is 16.0 Å². The van der Waals surface area contributed by atoms with E-state index in [9.17, 15) is 0 Å². The molecule has 0 aromatic heterocycles. The van der Waals surface area contributed by atoms with Gasteiger partial charge in [-0.2, -0.15) is 17.0 Å². The Hall–Kier alpha value is -0.690. The largest absolute Gasteiger partial charge is 0.314 e. The van der Waals surface area contributed by atoms with Gasteiger partial charge in [0.25, 0.3) is 0 Å². The number of benzene rings is 1. The van der Waals surface area contributed by atoms with E-state index in [0.717, 1.165) is 10.8 Å². The van der Waals surface area contributed by atoms with Crippen LogP contribution in [0.15, 0.2) is 24.3 Å². The molecule has 2 nitrogen and oxygen atoms in total. The average Bonchev–Trinajstić information content (AvgIpc) is 2.28. The van der Waals surface area contributed by atoms with E-state index in [4.69, 9.17) is 22.6 Å². The van der Waals surface area contributed by atoms with Crippen LogP contribution in [0, 0.1) is 11.3 Å². The molecule has 0 saturated heterocycles. The minimum absolute atomic E-state index is 0.361. The maximum absolute atomic E-state index is 8.86. The van der Waals surface area contributed by atoms with Crippen LogP contribution in [0.2, 0.25) is 5.02 Å². The highest BCUT2D eigenvalue weighted by Crippen LogP contribution is 2.24. The van der Waals surface area contributed by atoms with E-state index in [1.807, 2.05) is 24.3 Å². The van der Waals surface area contributed by atoms with Crippen molar-refractivity contribution in [3.05, 3.63) is 34.9 Å². The first-order valence-corrected chi connectivity index (χ1v) is 6.92. The molecule has 2 atom stereocenters. The molecule has 0 heterocycles. The molecule has 2 unspecified atom stereocenters. The summed E-state index contributed by atoms with van der Waals surface area (Å²) < 4.78 is 0. The first kappa shape index (κ1) is 14.4. The minimum Gasteiger partial charge on any atom is -0.314 e. The monoisotopic (exact) mass is 268 g/mol. The SMILES string of the molecule is CC(CC(C)(N)C#N)SCc1ccc(Cl)cc1. The lowest BCUT2D eigenvalue weighted by Crippen LogP contribution is -2.36. The third-order valence-electron chi connectivity index (χ3n) is 2.41. The van der Waals surface area contributed by atoms with E-state index in [0.29, 0.717) is 11.7 Å². The highest BCUT2D eigenvalue weighted by Gasteiger charge is 2.20. The molecule has 17 heavy (non-hydrogen) atoms. The van der Waals surface area contributed by atoms with Gasteiger partial charge < -0.3 is 5.73 Å². The van der Waals surface area contributed by atoms with Crippen molar-refractivity contribution in [2.24, 2.45) is 5.73 Å². The van der Waals surface area contributed by atoms with Crippen molar-refractivity contribution >= 4 is 23.4 Å². The second-order valence-corrected chi connectivity index (χ2v) is 6.34. The minimum atomic E-state index is -0.730. The third-order valence-corrected chi connectivity index (χ3v) is 3.90. The van der Waals surface area contributed by atoms with E-state index < -0.39 is 5.54 Å². The normalized spacial score (nSPS) is 15.9. The van der Waals surface area contributed by atoms with Gasteiger partial charge in [-0.05, 0) is 31.0 Å². The highest BCUT2D eigenvalue weighted by atomic mass is 35.5. The van der Waals surface area contributed by atoms with Crippen LogP contribution < -0.4 is 5.73 Å². The summed E-state index contributed by atoms with van der Waals surface area (Å²) in [5.41, 5.74) is 6.32. The predicted octanol–water partition coefficient (Wildman–Crippen LogP) is 3.59. The summed E-state index contributed by atoms with van der Waals surface area (Å²) in [6, 6.07) is 9.96. The van der Waals surface area contributed by atoms with Gasteiger partial charge >= 0.3 is 0 Å². The molecule has 92 valence electrons. The Labute approximate surface area is 112 Å². The molecule has 2 N–H and O–H groups in total. The Morgan fingerprint density at radius 3 is 2.59 bits per heavy atom. The van der Waals surface area contributed by atoms with E-state index in [1.54, 1.807) is 18.7 Å². The number of halogens is 1. The van der Waals surface area contributed by atoms with Gasteiger partial charge in [-0.25, -0.2) is 0 Å². The molecule has 1 aromatic rings. The van der Waals surface area contributed by atoms with Crippen molar-refractivity contribution in [1.29, 1.82) is 5.26 Å². The fourth-order valence-electron chi connectivity index (χ4n) is 1.52. The lowest BCUT2D eigenvalue weighted by Gasteiger charge is -2.20. The Morgan fingerprint density at radius 1 is 1.47 bits per heavy atom. The molecule has 0 aliphatic rings. The molecular weight excluding hydrogens is 252 g/mol. The molecule has 0 spiro atoms. The molecule has 0 saturated carbocycles. The van der Waals surface area contributed by atoms with Crippen LogP contribution in [0.1, 0.15) is 25.8 Å². The molecular formula is C13H17ClN2S. The maximum Gasteiger partial charge on any atom is 0.102 e. The fraction of sp³-hybridized carbons (Fsp3) is 0.462. The van der Waals surface area contributed by atoms with Gasteiger partial charge in [0.1, 0.15) is 5.54 Å². The Balaban J connectivity index is 2.41. The zero-order chi connectivity index (χ0) is 12.9. The molecule has 0 aliphatic heterocycles. The summed E-state index contributed by atoms with van der Waals surface area (Å²) in [6.45, 7) is 3.87. The zero-order valence-electron chi connectivity index (χ0n) is 10.1. The van der Waals surface area contributed by atoms with Crippen molar-refractivity contribution in [1.82, 2.24) is 0 Å². The molecule has 4 heteroatoms. The summed E-state index contributed by atoms with van der Waals surface area (Å²) in [6.07, 6.45) is 0.696. The second kappa shape index (κ2) is 6.30. The van der Waals surface area contributed by atoms with Crippen LogP contribution in [-0.2, 0) is 5.75 Å². The number of thioether (sulfide) groups is 1. The van der Waals surface area contributed by atoms with Crippen LogP contribution >= 0.6 is 23.4 Å². The van der Waals surface area contributed by atoms with Crippen LogP contribution in [-0.4, -0.2) is 10.8 Å². The van der Waals surface area contributed by atoms with Gasteiger partial charge in [0.2, 0.25) is 0 Å². The maximum atomic E-state index is 8.86. The number of nitrogens with two attached hydrogens (primary N) is 1. The lowest BCUT2D eigenvalue weighted by atomic mass is 10.00. The highest BCUT2D eigenvalue weighted by molar-refractivity contribution is 7.99.